The first-order chi connectivity index (χ1) is 13.2. The van der Waals surface area contributed by atoms with Crippen LogP contribution in [0.1, 0.15) is 42.5 Å². The molecule has 1 saturated heterocycles. The lowest BCUT2D eigenvalue weighted by molar-refractivity contribution is -0.182. The Hall–Kier alpha value is -2.16. The highest BCUT2D eigenvalue weighted by Crippen LogP contribution is 2.38. The summed E-state index contributed by atoms with van der Waals surface area (Å²) in [6, 6.07) is 3.08. The van der Waals surface area contributed by atoms with E-state index in [2.05, 4.69) is 10.6 Å². The molecule has 9 heteroatoms. The lowest BCUT2D eigenvalue weighted by Gasteiger charge is -2.31. The number of carbonyl (C=O) groups is 1. The number of nitrogens with one attached hydrogen (secondary N) is 2. The van der Waals surface area contributed by atoms with Crippen LogP contribution in [0, 0.1) is 5.92 Å². The smallest absolute Gasteiger partial charge is 0.391 e. The predicted molar refractivity (Wildman–Crippen MR) is 103 cm³/mol. The molecule has 1 unspecified atom stereocenters. The van der Waals surface area contributed by atoms with Gasteiger partial charge in [0, 0.05) is 26.2 Å². The zero-order chi connectivity index (χ0) is 20.5. The summed E-state index contributed by atoms with van der Waals surface area (Å²) in [4.78, 5) is 14.8. The quantitative estimate of drug-likeness (QED) is 0.584. The number of nitrogens with zero attached hydrogens (tertiary/aromatic N) is 1. The first-order valence-corrected chi connectivity index (χ1v) is 9.61. The molecule has 1 aliphatic heterocycles. The van der Waals surface area contributed by atoms with Crippen LogP contribution in [0.4, 0.5) is 30.2 Å². The summed E-state index contributed by atoms with van der Waals surface area (Å²) in [5, 5.41) is 15.7. The monoisotopic (exact) mass is 400 g/mol. The van der Waals surface area contributed by atoms with Crippen LogP contribution < -0.4 is 21.3 Å². The van der Waals surface area contributed by atoms with Crippen LogP contribution in [0.15, 0.2) is 12.1 Å². The molecule has 3 rings (SSSR count). The van der Waals surface area contributed by atoms with Gasteiger partial charge in [-0.25, -0.2) is 0 Å². The summed E-state index contributed by atoms with van der Waals surface area (Å²) in [6.45, 7) is 1.04. The molecule has 1 amide bonds. The van der Waals surface area contributed by atoms with Crippen molar-refractivity contribution >= 4 is 23.0 Å². The van der Waals surface area contributed by atoms with Gasteiger partial charge in [-0.3, -0.25) is 4.79 Å². The van der Waals surface area contributed by atoms with Crippen LogP contribution in [0.5, 0.6) is 0 Å². The van der Waals surface area contributed by atoms with Crippen LogP contribution >= 0.6 is 0 Å². The Bertz CT molecular complexity index is 718. The fraction of sp³-hybridized carbons (Fsp3) is 0.632. The number of anilines is 3. The fourth-order valence-corrected chi connectivity index (χ4v) is 4.05. The largest absolute Gasteiger partial charge is 0.397 e. The second-order valence-corrected chi connectivity index (χ2v) is 7.66. The third kappa shape index (κ3) is 4.45. The number of nitrogens with two attached hydrogens (primary N) is 1. The summed E-state index contributed by atoms with van der Waals surface area (Å²) >= 11 is 0. The molecule has 1 aliphatic carbocycles. The second kappa shape index (κ2) is 8.06. The van der Waals surface area contributed by atoms with Crippen molar-refractivity contribution in [3.05, 3.63) is 17.7 Å². The Labute approximate surface area is 162 Å². The zero-order valence-electron chi connectivity index (χ0n) is 15.9. The number of β-amino-alcohol motifs (C(OH)–C–C–N with tert-alkyl or cyclic N) is 1. The molecular weight excluding hydrogens is 373 g/mol. The molecule has 156 valence electrons. The highest BCUT2D eigenvalue weighted by atomic mass is 19.4. The average Bonchev–Trinajstić information content (AvgIpc) is 3.07. The molecule has 0 aromatic heterocycles. The Balaban J connectivity index is 1.75. The minimum Gasteiger partial charge on any atom is -0.397 e. The van der Waals surface area contributed by atoms with E-state index in [1.54, 1.807) is 19.2 Å². The summed E-state index contributed by atoms with van der Waals surface area (Å²) in [5.41, 5.74) is 8.16. The van der Waals surface area contributed by atoms with Crippen molar-refractivity contribution < 1.29 is 23.1 Å². The van der Waals surface area contributed by atoms with E-state index in [1.807, 2.05) is 4.90 Å². The molecular formula is C19H27F3N4O2. The molecule has 1 aromatic rings. The summed E-state index contributed by atoms with van der Waals surface area (Å²) in [7, 11) is 1.73. The maximum Gasteiger partial charge on any atom is 0.391 e. The number of aliphatic hydroxyl groups is 1. The first-order valence-electron chi connectivity index (χ1n) is 9.61. The van der Waals surface area contributed by atoms with Gasteiger partial charge >= 0.3 is 6.18 Å². The van der Waals surface area contributed by atoms with Crippen LogP contribution in [-0.2, 0) is 0 Å². The normalized spacial score (nSPS) is 25.6. The number of benzene rings is 1. The number of alkyl halides is 3. The third-order valence-corrected chi connectivity index (χ3v) is 5.71. The van der Waals surface area contributed by atoms with E-state index in [-0.39, 0.29) is 24.8 Å². The third-order valence-electron chi connectivity index (χ3n) is 5.71. The Morgan fingerprint density at radius 1 is 1.21 bits per heavy atom. The summed E-state index contributed by atoms with van der Waals surface area (Å²) < 4.78 is 38.5. The van der Waals surface area contributed by atoms with Gasteiger partial charge in [0.2, 0.25) is 0 Å². The van der Waals surface area contributed by atoms with Gasteiger partial charge in [-0.15, -0.1) is 0 Å². The van der Waals surface area contributed by atoms with Crippen molar-refractivity contribution in [2.24, 2.45) is 5.92 Å². The van der Waals surface area contributed by atoms with Crippen LogP contribution in [0.25, 0.3) is 0 Å². The average molecular weight is 400 g/mol. The van der Waals surface area contributed by atoms with Crippen LogP contribution in [0.2, 0.25) is 0 Å². The van der Waals surface area contributed by atoms with Crippen LogP contribution in [-0.4, -0.2) is 49.5 Å². The van der Waals surface area contributed by atoms with Gasteiger partial charge in [-0.2, -0.15) is 13.2 Å². The van der Waals surface area contributed by atoms with Crippen molar-refractivity contribution in [2.75, 3.05) is 36.1 Å². The molecule has 1 aromatic carbocycles. The summed E-state index contributed by atoms with van der Waals surface area (Å²) in [6.07, 6.45) is -3.35. The van der Waals surface area contributed by atoms with E-state index in [1.165, 1.54) is 0 Å². The maximum atomic E-state index is 12.9. The van der Waals surface area contributed by atoms with Crippen molar-refractivity contribution in [1.82, 2.24) is 5.32 Å². The highest BCUT2D eigenvalue weighted by molar-refractivity contribution is 6.02. The van der Waals surface area contributed by atoms with Gasteiger partial charge in [-0.1, -0.05) is 0 Å². The van der Waals surface area contributed by atoms with Gasteiger partial charge in [0.05, 0.1) is 34.6 Å². The minimum absolute atomic E-state index is 0.0282. The number of aliphatic hydroxyl groups excluding tert-OH is 1. The van der Waals surface area contributed by atoms with Gasteiger partial charge in [0.1, 0.15) is 0 Å². The van der Waals surface area contributed by atoms with Gasteiger partial charge in [0.25, 0.3) is 5.91 Å². The van der Waals surface area contributed by atoms with Crippen molar-refractivity contribution in [3.63, 3.8) is 0 Å². The number of nitrogen functional groups attached to an aromatic ring is 1. The molecule has 1 saturated carbocycles. The molecule has 6 nitrogen and oxygen atoms in total. The van der Waals surface area contributed by atoms with E-state index in [0.29, 0.717) is 55.0 Å². The molecule has 28 heavy (non-hydrogen) atoms. The van der Waals surface area contributed by atoms with E-state index < -0.39 is 18.2 Å². The maximum absolute atomic E-state index is 12.9. The lowest BCUT2D eigenvalue weighted by Crippen LogP contribution is -2.40. The Morgan fingerprint density at radius 3 is 2.43 bits per heavy atom. The highest BCUT2D eigenvalue weighted by Gasteiger charge is 2.41. The van der Waals surface area contributed by atoms with Gasteiger partial charge < -0.3 is 26.4 Å². The lowest BCUT2D eigenvalue weighted by atomic mass is 9.85. The van der Waals surface area contributed by atoms with Crippen molar-refractivity contribution in [3.8, 4) is 0 Å². The molecule has 1 heterocycles. The molecule has 2 fully saturated rings. The Morgan fingerprint density at radius 2 is 1.89 bits per heavy atom. The first kappa shape index (κ1) is 20.6. The molecule has 5 N–H and O–H groups in total. The van der Waals surface area contributed by atoms with E-state index in [4.69, 9.17) is 5.73 Å². The summed E-state index contributed by atoms with van der Waals surface area (Å²) in [5.74, 6) is -1.63. The second-order valence-electron chi connectivity index (χ2n) is 7.66. The van der Waals surface area contributed by atoms with E-state index >= 15 is 0 Å². The molecule has 2 aliphatic rings. The number of amides is 1. The van der Waals surface area contributed by atoms with Gasteiger partial charge in [0.15, 0.2) is 0 Å². The van der Waals surface area contributed by atoms with Crippen molar-refractivity contribution in [1.29, 1.82) is 0 Å². The number of hydrogen-bond donors (Lipinski definition) is 4. The molecule has 1 atom stereocenters. The minimum atomic E-state index is -4.17. The predicted octanol–water partition coefficient (Wildman–Crippen LogP) is 2.73. The van der Waals surface area contributed by atoms with Crippen LogP contribution in [0.3, 0.4) is 0 Å². The standard InChI is InChI=1S/C19H27F3N4O2/c1-24-16-9-17(26-7-6-13(27)10-26)14(8-15(16)23)18(28)25-12-4-2-11(3-5-12)19(20,21)22/h8-9,11-13,24,27H,2-7,10,23H2,1H3,(H,25,28). The fourth-order valence-electron chi connectivity index (χ4n) is 4.05. The van der Waals surface area contributed by atoms with E-state index in [0.717, 1.165) is 0 Å². The number of hydrogen-bond acceptors (Lipinski definition) is 5. The number of carbonyl (C=O) groups excluding carboxylic acids is 1. The SMILES string of the molecule is CNc1cc(N2CCC(O)C2)c(C(=O)NC2CCC(C(F)(F)F)CC2)cc1N. The molecule has 0 spiro atoms. The topological polar surface area (TPSA) is 90.6 Å². The number of halogens is 3. The zero-order valence-corrected chi connectivity index (χ0v) is 15.9. The number of rotatable bonds is 4. The van der Waals surface area contributed by atoms with E-state index in [9.17, 15) is 23.1 Å². The molecule has 0 radical (unpaired) electrons. The Kier molecular flexibility index (Phi) is 5.92. The van der Waals surface area contributed by atoms with Crippen molar-refractivity contribution in [2.45, 2.75) is 50.4 Å². The van der Waals surface area contributed by atoms with Gasteiger partial charge in [-0.05, 0) is 44.2 Å². The molecule has 0 bridgehead atoms.